The maximum Gasteiger partial charge on any atom is 0.324 e. The molecule has 1 aliphatic heterocycles. The number of amides is 1. The van der Waals surface area contributed by atoms with Gasteiger partial charge in [0, 0.05) is 0 Å². The summed E-state index contributed by atoms with van der Waals surface area (Å²) in [6.07, 6.45) is -1.35. The highest BCUT2D eigenvalue weighted by Crippen LogP contribution is 2.22. The van der Waals surface area contributed by atoms with E-state index in [0.29, 0.717) is 18.9 Å². The Bertz CT molecular complexity index is 286. The molecule has 106 valence electrons. The maximum absolute atomic E-state index is 12.6. The van der Waals surface area contributed by atoms with Crippen LogP contribution in [0.15, 0.2) is 0 Å². The van der Waals surface area contributed by atoms with Crippen LogP contribution in [0, 0.1) is 5.92 Å². The fourth-order valence-electron chi connectivity index (χ4n) is 1.97. The molecule has 18 heavy (non-hydrogen) atoms. The van der Waals surface area contributed by atoms with Crippen LogP contribution in [0.2, 0.25) is 0 Å². The minimum atomic E-state index is -4.17. The third-order valence-electron chi connectivity index (χ3n) is 3.22. The molecule has 0 saturated carbocycles. The summed E-state index contributed by atoms with van der Waals surface area (Å²) in [5.41, 5.74) is 0. The predicted molar refractivity (Wildman–Crippen MR) is 58.8 cm³/mol. The highest BCUT2D eigenvalue weighted by Gasteiger charge is 2.41. The van der Waals surface area contributed by atoms with Gasteiger partial charge in [-0.1, -0.05) is 13.3 Å². The van der Waals surface area contributed by atoms with Crippen molar-refractivity contribution in [3.05, 3.63) is 0 Å². The zero-order chi connectivity index (χ0) is 13.8. The first-order valence-corrected chi connectivity index (χ1v) is 6.04. The van der Waals surface area contributed by atoms with E-state index >= 15 is 0 Å². The van der Waals surface area contributed by atoms with Crippen molar-refractivity contribution in [1.82, 2.24) is 10.6 Å². The number of hydrogen-bond donors (Lipinski definition) is 2. The van der Waals surface area contributed by atoms with Crippen LogP contribution >= 0.6 is 0 Å². The fourth-order valence-corrected chi connectivity index (χ4v) is 1.97. The second-order valence-corrected chi connectivity index (χ2v) is 4.58. The van der Waals surface area contributed by atoms with Crippen molar-refractivity contribution in [3.8, 4) is 0 Å². The Balaban J connectivity index is 2.41. The lowest BCUT2D eigenvalue weighted by Gasteiger charge is -2.29. The molecule has 1 rings (SSSR count). The number of halogens is 4. The summed E-state index contributed by atoms with van der Waals surface area (Å²) in [7, 11) is 0. The van der Waals surface area contributed by atoms with Crippen LogP contribution in [-0.2, 0) is 4.79 Å². The van der Waals surface area contributed by atoms with Gasteiger partial charge in [0.15, 0.2) is 0 Å². The van der Waals surface area contributed by atoms with Crippen LogP contribution in [0.25, 0.3) is 0 Å². The molecule has 1 amide bonds. The first-order valence-electron chi connectivity index (χ1n) is 6.04. The third-order valence-corrected chi connectivity index (χ3v) is 3.22. The summed E-state index contributed by atoms with van der Waals surface area (Å²) in [6, 6.07) is -0.558. The Hall–Kier alpha value is -0.850. The van der Waals surface area contributed by atoms with E-state index < -0.39 is 30.8 Å². The first kappa shape index (κ1) is 15.2. The monoisotopic (exact) mass is 270 g/mol. The molecule has 0 aromatic carbocycles. The molecule has 1 heterocycles. The van der Waals surface area contributed by atoms with E-state index in [-0.39, 0.29) is 0 Å². The quantitative estimate of drug-likeness (QED) is 0.748. The number of hydrogen-bond acceptors (Lipinski definition) is 2. The van der Waals surface area contributed by atoms with Crippen LogP contribution in [0.3, 0.4) is 0 Å². The summed E-state index contributed by atoms with van der Waals surface area (Å²) in [6.45, 7) is 1.32. The summed E-state index contributed by atoms with van der Waals surface area (Å²) in [5, 5.41) is 4.79. The third kappa shape index (κ3) is 4.12. The van der Waals surface area contributed by atoms with E-state index in [2.05, 4.69) is 5.32 Å². The molecule has 0 spiro atoms. The minimum absolute atomic E-state index is 0.373. The molecule has 0 aliphatic carbocycles. The second-order valence-electron chi connectivity index (χ2n) is 4.58. The summed E-state index contributed by atoms with van der Waals surface area (Å²) in [5.74, 6) is -4.43. The van der Waals surface area contributed by atoms with Crippen molar-refractivity contribution in [3.63, 3.8) is 0 Å². The van der Waals surface area contributed by atoms with Crippen LogP contribution in [0.4, 0.5) is 17.6 Å². The van der Waals surface area contributed by atoms with Gasteiger partial charge in [-0.15, -0.1) is 0 Å². The lowest BCUT2D eigenvalue weighted by atomic mass is 9.90. The van der Waals surface area contributed by atoms with Crippen molar-refractivity contribution in [2.75, 3.05) is 13.1 Å². The first-order chi connectivity index (χ1) is 8.36. The molecule has 0 aromatic heterocycles. The van der Waals surface area contributed by atoms with Crippen molar-refractivity contribution in [1.29, 1.82) is 0 Å². The Morgan fingerprint density at radius 1 is 1.50 bits per heavy atom. The Morgan fingerprint density at radius 2 is 2.17 bits per heavy atom. The van der Waals surface area contributed by atoms with E-state index in [9.17, 15) is 22.4 Å². The number of piperidine rings is 1. The SMILES string of the molecule is CCC1CCNC(C(=O)NCC(F)(F)C(F)F)C1. The molecule has 1 fully saturated rings. The van der Waals surface area contributed by atoms with E-state index in [4.69, 9.17) is 0 Å². The van der Waals surface area contributed by atoms with Crippen molar-refractivity contribution in [2.24, 2.45) is 5.92 Å². The lowest BCUT2D eigenvalue weighted by Crippen LogP contribution is -2.51. The topological polar surface area (TPSA) is 41.1 Å². The molecule has 0 aromatic rings. The minimum Gasteiger partial charge on any atom is -0.348 e. The van der Waals surface area contributed by atoms with Crippen molar-refractivity contribution in [2.45, 2.75) is 44.6 Å². The smallest absolute Gasteiger partial charge is 0.324 e. The van der Waals surface area contributed by atoms with Gasteiger partial charge in [-0.05, 0) is 25.3 Å². The van der Waals surface area contributed by atoms with E-state index in [1.807, 2.05) is 12.2 Å². The average molecular weight is 270 g/mol. The molecular weight excluding hydrogens is 252 g/mol. The van der Waals surface area contributed by atoms with Gasteiger partial charge in [0.1, 0.15) is 0 Å². The molecule has 2 N–H and O–H groups in total. The van der Waals surface area contributed by atoms with E-state index in [1.54, 1.807) is 0 Å². The van der Waals surface area contributed by atoms with Crippen LogP contribution < -0.4 is 10.6 Å². The van der Waals surface area contributed by atoms with Crippen molar-refractivity contribution < 1.29 is 22.4 Å². The zero-order valence-corrected chi connectivity index (χ0v) is 10.2. The van der Waals surface area contributed by atoms with Gasteiger partial charge < -0.3 is 10.6 Å². The number of carbonyl (C=O) groups excluding carboxylic acids is 1. The van der Waals surface area contributed by atoms with Gasteiger partial charge in [0.2, 0.25) is 5.91 Å². The van der Waals surface area contributed by atoms with Gasteiger partial charge in [-0.25, -0.2) is 8.78 Å². The molecule has 2 atom stereocenters. The largest absolute Gasteiger partial charge is 0.348 e. The standard InChI is InChI=1S/C11H18F4N2O/c1-2-7-3-4-16-8(5-7)9(18)17-6-11(14,15)10(12)13/h7-8,10,16H,2-6H2,1H3,(H,17,18). The molecule has 7 heteroatoms. The molecule has 2 unspecified atom stereocenters. The Labute approximate surface area is 103 Å². The number of carbonyl (C=O) groups is 1. The Morgan fingerprint density at radius 3 is 2.72 bits per heavy atom. The number of alkyl halides is 4. The normalized spacial score (nSPS) is 25.2. The molecule has 3 nitrogen and oxygen atoms in total. The molecule has 1 saturated heterocycles. The van der Waals surface area contributed by atoms with Crippen LogP contribution in [0.5, 0.6) is 0 Å². The van der Waals surface area contributed by atoms with Crippen molar-refractivity contribution >= 4 is 5.91 Å². The van der Waals surface area contributed by atoms with E-state index in [0.717, 1.165) is 12.8 Å². The van der Waals surface area contributed by atoms with Gasteiger partial charge in [-0.3, -0.25) is 4.79 Å². The summed E-state index contributed by atoms with van der Waals surface area (Å²) >= 11 is 0. The van der Waals surface area contributed by atoms with Crippen LogP contribution in [-0.4, -0.2) is 37.4 Å². The average Bonchev–Trinajstić information content (AvgIpc) is 2.36. The van der Waals surface area contributed by atoms with Crippen LogP contribution in [0.1, 0.15) is 26.2 Å². The van der Waals surface area contributed by atoms with Gasteiger partial charge in [-0.2, -0.15) is 8.78 Å². The number of nitrogens with one attached hydrogen (secondary N) is 2. The molecule has 0 bridgehead atoms. The molecule has 0 radical (unpaired) electrons. The maximum atomic E-state index is 12.6. The highest BCUT2D eigenvalue weighted by molar-refractivity contribution is 5.81. The molecule has 1 aliphatic rings. The van der Waals surface area contributed by atoms with E-state index in [1.165, 1.54) is 0 Å². The summed E-state index contributed by atoms with van der Waals surface area (Å²) < 4.78 is 49.1. The highest BCUT2D eigenvalue weighted by atomic mass is 19.3. The lowest BCUT2D eigenvalue weighted by molar-refractivity contribution is -0.138. The predicted octanol–water partition coefficient (Wildman–Crippen LogP) is 1.78. The van der Waals surface area contributed by atoms with Gasteiger partial charge >= 0.3 is 12.3 Å². The fraction of sp³-hybridized carbons (Fsp3) is 0.909. The summed E-state index contributed by atoms with van der Waals surface area (Å²) in [4.78, 5) is 11.6. The Kier molecular flexibility index (Phi) is 5.37. The second kappa shape index (κ2) is 6.36. The zero-order valence-electron chi connectivity index (χ0n) is 10.2. The molecular formula is C11H18F4N2O. The van der Waals surface area contributed by atoms with Gasteiger partial charge in [0.25, 0.3) is 0 Å². The van der Waals surface area contributed by atoms with Gasteiger partial charge in [0.05, 0.1) is 12.6 Å². The number of rotatable bonds is 5.